The molecular formula is C15H20O2. The van der Waals surface area contributed by atoms with Crippen LogP contribution in [0.15, 0.2) is 12.2 Å². The molecule has 2 bridgehead atoms. The minimum absolute atomic E-state index is 0.207. The van der Waals surface area contributed by atoms with E-state index in [-0.39, 0.29) is 5.41 Å². The monoisotopic (exact) mass is 232 g/mol. The third-order valence-corrected chi connectivity index (χ3v) is 6.72. The van der Waals surface area contributed by atoms with Gasteiger partial charge in [0.25, 0.3) is 0 Å². The Morgan fingerprint density at radius 2 is 2.29 bits per heavy atom. The van der Waals surface area contributed by atoms with E-state index in [2.05, 4.69) is 6.58 Å². The van der Waals surface area contributed by atoms with Gasteiger partial charge in [0, 0.05) is 0 Å². The van der Waals surface area contributed by atoms with E-state index in [1.54, 1.807) is 0 Å². The van der Waals surface area contributed by atoms with Gasteiger partial charge in [-0.25, -0.2) is 0 Å². The van der Waals surface area contributed by atoms with Crippen molar-refractivity contribution in [1.29, 1.82) is 0 Å². The summed E-state index contributed by atoms with van der Waals surface area (Å²) in [5.41, 5.74) is 2.12. The fraction of sp³-hybridized carbons (Fsp3) is 0.800. The molecule has 2 heteroatoms. The fourth-order valence-corrected chi connectivity index (χ4v) is 6.09. The average Bonchev–Trinajstić information content (AvgIpc) is 2.66. The van der Waals surface area contributed by atoms with Crippen LogP contribution in [0.25, 0.3) is 0 Å². The molecule has 0 radical (unpaired) electrons. The van der Waals surface area contributed by atoms with E-state index >= 15 is 0 Å². The SMILES string of the molecule is C=C1CC[C@H]2C[C@H]3[C@@H]1CC[C@]31C[C@]21CC(=O)O. The summed E-state index contributed by atoms with van der Waals surface area (Å²) >= 11 is 0. The Bertz CT molecular complexity index is 427. The number of fused-ring (bicyclic) bond motifs is 2. The molecule has 1 N–H and O–H groups in total. The minimum Gasteiger partial charge on any atom is -0.481 e. The van der Waals surface area contributed by atoms with Crippen LogP contribution in [0.3, 0.4) is 0 Å². The topological polar surface area (TPSA) is 37.3 Å². The highest BCUT2D eigenvalue weighted by molar-refractivity contribution is 5.69. The van der Waals surface area contributed by atoms with Crippen molar-refractivity contribution in [2.24, 2.45) is 28.6 Å². The molecule has 1 spiro atoms. The fourth-order valence-electron chi connectivity index (χ4n) is 6.09. The number of rotatable bonds is 2. The van der Waals surface area contributed by atoms with Crippen molar-refractivity contribution < 1.29 is 9.90 Å². The first-order valence-corrected chi connectivity index (χ1v) is 6.98. The van der Waals surface area contributed by atoms with E-state index in [0.29, 0.717) is 17.8 Å². The third kappa shape index (κ3) is 0.974. The van der Waals surface area contributed by atoms with Crippen molar-refractivity contribution >= 4 is 5.97 Å². The number of carboxylic acid groups (broad SMARTS) is 1. The second kappa shape index (κ2) is 2.78. The summed E-state index contributed by atoms with van der Waals surface area (Å²) in [4.78, 5) is 11.2. The highest BCUT2D eigenvalue weighted by atomic mass is 16.4. The van der Waals surface area contributed by atoms with Gasteiger partial charge in [-0.05, 0) is 67.1 Å². The van der Waals surface area contributed by atoms with Gasteiger partial charge >= 0.3 is 5.97 Å². The van der Waals surface area contributed by atoms with Gasteiger partial charge in [0.1, 0.15) is 0 Å². The Kier molecular flexibility index (Phi) is 1.66. The zero-order chi connectivity index (χ0) is 11.8. The summed E-state index contributed by atoms with van der Waals surface area (Å²) in [6, 6.07) is 0. The van der Waals surface area contributed by atoms with Crippen molar-refractivity contribution in [3.63, 3.8) is 0 Å². The number of carboxylic acids is 1. The van der Waals surface area contributed by atoms with E-state index in [9.17, 15) is 9.90 Å². The van der Waals surface area contributed by atoms with Gasteiger partial charge in [-0.15, -0.1) is 0 Å². The van der Waals surface area contributed by atoms with Gasteiger partial charge in [0.05, 0.1) is 6.42 Å². The number of hydrogen-bond acceptors (Lipinski definition) is 1. The first-order chi connectivity index (χ1) is 8.09. The van der Waals surface area contributed by atoms with Crippen molar-refractivity contribution in [2.75, 3.05) is 0 Å². The van der Waals surface area contributed by atoms with Crippen LogP contribution in [0.1, 0.15) is 44.9 Å². The Hall–Kier alpha value is -0.790. The summed E-state index contributed by atoms with van der Waals surface area (Å²) in [5, 5.41) is 9.21. The second-order valence-corrected chi connectivity index (χ2v) is 6.94. The molecular weight excluding hydrogens is 212 g/mol. The van der Waals surface area contributed by atoms with Crippen LogP contribution in [-0.2, 0) is 4.79 Å². The number of carbonyl (C=O) groups is 1. The first-order valence-electron chi connectivity index (χ1n) is 6.98. The first kappa shape index (κ1) is 10.2. The summed E-state index contributed by atoms with van der Waals surface area (Å²) in [6.07, 6.45) is 7.89. The Balaban J connectivity index is 1.76. The highest BCUT2D eigenvalue weighted by Gasteiger charge is 2.80. The average molecular weight is 232 g/mol. The molecule has 0 aromatic heterocycles. The molecule has 4 rings (SSSR count). The van der Waals surface area contributed by atoms with Crippen LogP contribution >= 0.6 is 0 Å². The lowest BCUT2D eigenvalue weighted by atomic mass is 9.80. The zero-order valence-electron chi connectivity index (χ0n) is 10.2. The summed E-state index contributed by atoms with van der Waals surface area (Å²) in [5.74, 6) is 1.64. The predicted molar refractivity (Wildman–Crippen MR) is 64.4 cm³/mol. The summed E-state index contributed by atoms with van der Waals surface area (Å²) in [7, 11) is 0. The van der Waals surface area contributed by atoms with Crippen molar-refractivity contribution in [3.05, 3.63) is 12.2 Å². The maximum atomic E-state index is 11.2. The molecule has 0 saturated heterocycles. The Morgan fingerprint density at radius 3 is 3.06 bits per heavy atom. The molecule has 2 nitrogen and oxygen atoms in total. The zero-order valence-corrected chi connectivity index (χ0v) is 10.2. The molecule has 0 unspecified atom stereocenters. The lowest BCUT2D eigenvalue weighted by Crippen LogP contribution is -2.21. The molecule has 92 valence electrons. The normalized spacial score (nSPS) is 54.4. The molecule has 0 aromatic rings. The Labute approximate surface area is 102 Å². The minimum atomic E-state index is -0.574. The van der Waals surface area contributed by atoms with Crippen LogP contribution in [0.5, 0.6) is 0 Å². The van der Waals surface area contributed by atoms with E-state index in [1.165, 1.54) is 37.7 Å². The molecule has 4 aliphatic carbocycles. The Morgan fingerprint density at radius 1 is 1.47 bits per heavy atom. The maximum Gasteiger partial charge on any atom is 0.303 e. The molecule has 4 aliphatic rings. The van der Waals surface area contributed by atoms with Crippen molar-refractivity contribution in [1.82, 2.24) is 0 Å². The molecule has 17 heavy (non-hydrogen) atoms. The molecule has 0 heterocycles. The van der Waals surface area contributed by atoms with Crippen LogP contribution < -0.4 is 0 Å². The van der Waals surface area contributed by atoms with Crippen molar-refractivity contribution in [3.8, 4) is 0 Å². The van der Waals surface area contributed by atoms with Crippen LogP contribution in [0.2, 0.25) is 0 Å². The van der Waals surface area contributed by atoms with E-state index in [4.69, 9.17) is 0 Å². The molecule has 4 fully saturated rings. The third-order valence-electron chi connectivity index (χ3n) is 6.72. The lowest BCUT2D eigenvalue weighted by molar-refractivity contribution is -0.139. The smallest absolute Gasteiger partial charge is 0.303 e. The van der Waals surface area contributed by atoms with E-state index in [1.807, 2.05) is 0 Å². The van der Waals surface area contributed by atoms with E-state index < -0.39 is 5.97 Å². The van der Waals surface area contributed by atoms with Gasteiger partial charge in [-0.3, -0.25) is 4.79 Å². The quantitative estimate of drug-likeness (QED) is 0.742. The van der Waals surface area contributed by atoms with Gasteiger partial charge < -0.3 is 5.11 Å². The van der Waals surface area contributed by atoms with Crippen molar-refractivity contribution in [2.45, 2.75) is 44.9 Å². The molecule has 4 saturated carbocycles. The molecule has 0 aromatic carbocycles. The summed E-state index contributed by atoms with van der Waals surface area (Å²) < 4.78 is 0. The predicted octanol–water partition coefficient (Wildman–Crippen LogP) is 3.23. The van der Waals surface area contributed by atoms with Gasteiger partial charge in [0.15, 0.2) is 0 Å². The van der Waals surface area contributed by atoms with Gasteiger partial charge in [-0.1, -0.05) is 12.2 Å². The number of allylic oxidation sites excluding steroid dienone is 1. The van der Waals surface area contributed by atoms with Gasteiger partial charge in [0.2, 0.25) is 0 Å². The lowest BCUT2D eigenvalue weighted by Gasteiger charge is -2.24. The maximum absolute atomic E-state index is 11.2. The second-order valence-electron chi connectivity index (χ2n) is 6.94. The number of aliphatic carboxylic acids is 1. The molecule has 0 aliphatic heterocycles. The standard InChI is InChI=1S/C15H20O2/c1-9-2-3-10-6-12-11(9)4-5-14(12)8-15(10,14)7-13(16)17/h10-12H,1-8H2,(H,16,17)/t10-,11+,12-,14-,15+/m0/s1. The number of hydrogen-bond donors (Lipinski definition) is 1. The van der Waals surface area contributed by atoms with Crippen LogP contribution in [0.4, 0.5) is 0 Å². The van der Waals surface area contributed by atoms with Gasteiger partial charge in [-0.2, -0.15) is 0 Å². The summed E-state index contributed by atoms with van der Waals surface area (Å²) in [6.45, 7) is 4.29. The van der Waals surface area contributed by atoms with E-state index in [0.717, 1.165) is 18.3 Å². The molecule has 0 amide bonds. The van der Waals surface area contributed by atoms with Crippen LogP contribution in [-0.4, -0.2) is 11.1 Å². The largest absolute Gasteiger partial charge is 0.481 e. The van der Waals surface area contributed by atoms with Crippen LogP contribution in [0, 0.1) is 28.6 Å². The highest BCUT2D eigenvalue weighted by Crippen LogP contribution is 2.86. The molecule has 5 atom stereocenters.